The molecule has 4 aromatic rings. The molecule has 0 saturated heterocycles. The lowest BCUT2D eigenvalue weighted by atomic mass is 9.97. The Labute approximate surface area is 195 Å². The molecule has 0 bridgehead atoms. The number of rotatable bonds is 6. The van der Waals surface area contributed by atoms with E-state index in [0.717, 1.165) is 17.7 Å². The summed E-state index contributed by atoms with van der Waals surface area (Å²) in [6.07, 6.45) is -6.47. The van der Waals surface area contributed by atoms with Crippen molar-refractivity contribution in [2.75, 3.05) is 0 Å². The first-order valence-electron chi connectivity index (χ1n) is 9.97. The summed E-state index contributed by atoms with van der Waals surface area (Å²) < 4.78 is 79.4. The highest BCUT2D eigenvalue weighted by molar-refractivity contribution is 7.08. The Morgan fingerprint density at radius 1 is 0.971 bits per heavy atom. The Morgan fingerprint density at radius 2 is 1.74 bits per heavy atom. The van der Waals surface area contributed by atoms with Crippen LogP contribution in [0.25, 0.3) is 34.0 Å². The van der Waals surface area contributed by atoms with Crippen molar-refractivity contribution in [2.24, 2.45) is 0 Å². The van der Waals surface area contributed by atoms with Gasteiger partial charge in [0.05, 0.1) is 11.1 Å². The summed E-state index contributed by atoms with van der Waals surface area (Å²) in [5.74, 6) is -0.505. The van der Waals surface area contributed by atoms with Crippen molar-refractivity contribution in [2.45, 2.75) is 26.1 Å². The van der Waals surface area contributed by atoms with E-state index < -0.39 is 17.8 Å². The van der Waals surface area contributed by atoms with Gasteiger partial charge in [-0.15, -0.1) is 0 Å². The van der Waals surface area contributed by atoms with E-state index in [-0.39, 0.29) is 34.2 Å². The Balaban J connectivity index is 1.73. The van der Waals surface area contributed by atoms with Gasteiger partial charge in [-0.2, -0.15) is 38.3 Å². The van der Waals surface area contributed by atoms with Gasteiger partial charge in [0.2, 0.25) is 5.82 Å². The number of hydrogen-bond acceptors (Lipinski definition) is 5. The lowest BCUT2D eigenvalue weighted by Gasteiger charge is -2.15. The average molecular weight is 492 g/mol. The molecule has 0 aliphatic heterocycles. The van der Waals surface area contributed by atoms with Gasteiger partial charge in [-0.05, 0) is 65.6 Å². The molecule has 2 heterocycles. The quantitative estimate of drug-likeness (QED) is 0.202. The van der Waals surface area contributed by atoms with E-state index >= 15 is 0 Å². The molecule has 4 rings (SSSR count). The first-order valence-corrected chi connectivity index (χ1v) is 10.9. The summed E-state index contributed by atoms with van der Waals surface area (Å²) in [5.41, 5.74) is 0.558. The van der Waals surface area contributed by atoms with Gasteiger partial charge in [0, 0.05) is 11.6 Å². The molecule has 0 aliphatic carbocycles. The third kappa shape index (κ3) is 4.86. The number of nitrogens with zero attached hydrogens (tertiary/aromatic N) is 2. The van der Waals surface area contributed by atoms with Gasteiger partial charge in [0.1, 0.15) is 5.75 Å². The normalized spacial score (nSPS) is 12.4. The molecule has 0 unspecified atom stereocenters. The maximum atomic E-state index is 13.9. The maximum Gasteiger partial charge on any atom is 0.419 e. The molecular weight excluding hydrogens is 475 g/mol. The fourth-order valence-electron chi connectivity index (χ4n) is 3.35. The molecule has 0 fully saturated rings. The van der Waals surface area contributed by atoms with E-state index in [9.17, 15) is 22.0 Å². The second kappa shape index (κ2) is 9.02. The fraction of sp³-hybridized carbons (Fsp3) is 0.167. The zero-order valence-electron chi connectivity index (χ0n) is 17.9. The van der Waals surface area contributed by atoms with Gasteiger partial charge in [0.15, 0.2) is 0 Å². The van der Waals surface area contributed by atoms with Gasteiger partial charge in [-0.3, -0.25) is 0 Å². The van der Waals surface area contributed by atoms with Crippen LogP contribution in [-0.4, -0.2) is 16.2 Å². The lowest BCUT2D eigenvalue weighted by Crippen LogP contribution is -2.21. The minimum Gasteiger partial charge on any atom is -0.429 e. The summed E-state index contributed by atoms with van der Waals surface area (Å²) in [4.78, 5) is 4.13. The van der Waals surface area contributed by atoms with Crippen LogP contribution in [0.1, 0.15) is 18.1 Å². The van der Waals surface area contributed by atoms with Crippen LogP contribution >= 0.6 is 11.3 Å². The highest BCUT2D eigenvalue weighted by Crippen LogP contribution is 2.41. The largest absolute Gasteiger partial charge is 0.429 e. The minimum absolute atomic E-state index is 0.0414. The number of aryl methyl sites for hydroxylation is 1. The predicted octanol–water partition coefficient (Wildman–Crippen LogP) is 8.01. The molecule has 2 aromatic carbocycles. The maximum absolute atomic E-state index is 13.9. The molecule has 0 N–H and O–H groups in total. The number of aromatic nitrogens is 2. The summed E-state index contributed by atoms with van der Waals surface area (Å²) in [6, 6.07) is 9.54. The molecule has 0 radical (unpaired) electrons. The Hall–Kier alpha value is -3.53. The third-order valence-corrected chi connectivity index (χ3v) is 5.74. The first-order chi connectivity index (χ1) is 16.1. The average Bonchev–Trinajstić information content (AvgIpc) is 3.42. The molecule has 0 aliphatic rings. The number of benzene rings is 2. The van der Waals surface area contributed by atoms with Crippen LogP contribution in [0.4, 0.5) is 22.0 Å². The lowest BCUT2D eigenvalue weighted by molar-refractivity contribution is -0.137. The van der Waals surface area contributed by atoms with Crippen LogP contribution in [-0.2, 0) is 6.18 Å². The second-order valence-corrected chi connectivity index (χ2v) is 8.05. The van der Waals surface area contributed by atoms with Gasteiger partial charge in [0.25, 0.3) is 5.89 Å². The van der Waals surface area contributed by atoms with Crippen LogP contribution in [0.15, 0.2) is 69.9 Å². The van der Waals surface area contributed by atoms with E-state index in [1.165, 1.54) is 48.6 Å². The molecule has 0 amide bonds. The summed E-state index contributed by atoms with van der Waals surface area (Å²) in [7, 11) is 0. The number of halogens is 5. The molecule has 34 heavy (non-hydrogen) atoms. The molecular formula is C24H17F5N2O2S. The van der Waals surface area contributed by atoms with Crippen LogP contribution < -0.4 is 4.74 Å². The van der Waals surface area contributed by atoms with Crippen LogP contribution in [0.2, 0.25) is 0 Å². The zero-order valence-corrected chi connectivity index (χ0v) is 18.7. The van der Waals surface area contributed by atoms with Gasteiger partial charge >= 0.3 is 12.3 Å². The highest BCUT2D eigenvalue weighted by atomic mass is 32.1. The Morgan fingerprint density at radius 3 is 2.41 bits per heavy atom. The number of ether oxygens (including phenoxy) is 1. The topological polar surface area (TPSA) is 48.2 Å². The van der Waals surface area contributed by atoms with Gasteiger partial charge in [-0.25, -0.2) is 0 Å². The summed E-state index contributed by atoms with van der Waals surface area (Å²) in [6.45, 7) is 3.17. The SMILES string of the molecule is C/C=C/C(F)(F)Oc1ccccc1-c1noc(-c2ccc(-c3cscc3C)c(C(F)(F)F)c2)n1. The van der Waals surface area contributed by atoms with Crippen LogP contribution in [0, 0.1) is 6.92 Å². The Kier molecular flexibility index (Phi) is 6.26. The Bertz CT molecular complexity index is 1340. The number of allylic oxidation sites excluding steroid dienone is 1. The third-order valence-electron chi connectivity index (χ3n) is 4.88. The van der Waals surface area contributed by atoms with Gasteiger partial charge in [-0.1, -0.05) is 29.4 Å². The van der Waals surface area contributed by atoms with Gasteiger partial charge < -0.3 is 9.26 Å². The van der Waals surface area contributed by atoms with Crippen molar-refractivity contribution in [3.05, 3.63) is 76.5 Å². The van der Waals surface area contributed by atoms with E-state index in [0.29, 0.717) is 11.6 Å². The number of alkyl halides is 5. The van der Waals surface area contributed by atoms with Crippen molar-refractivity contribution in [3.63, 3.8) is 0 Å². The van der Waals surface area contributed by atoms with Crippen LogP contribution in [0.5, 0.6) is 5.75 Å². The smallest absolute Gasteiger partial charge is 0.419 e. The molecule has 0 saturated carbocycles. The molecule has 10 heteroatoms. The fourth-order valence-corrected chi connectivity index (χ4v) is 4.20. The van der Waals surface area contributed by atoms with E-state index in [2.05, 4.69) is 10.1 Å². The molecule has 4 nitrogen and oxygen atoms in total. The van der Waals surface area contributed by atoms with Crippen molar-refractivity contribution < 1.29 is 31.2 Å². The highest BCUT2D eigenvalue weighted by Gasteiger charge is 2.35. The van der Waals surface area contributed by atoms with E-state index in [1.807, 2.05) is 0 Å². The molecule has 0 atom stereocenters. The molecule has 2 aromatic heterocycles. The number of para-hydroxylation sites is 1. The number of hydrogen-bond donors (Lipinski definition) is 0. The molecule has 176 valence electrons. The predicted molar refractivity (Wildman–Crippen MR) is 119 cm³/mol. The van der Waals surface area contributed by atoms with Crippen LogP contribution in [0.3, 0.4) is 0 Å². The minimum atomic E-state index is -4.62. The van der Waals surface area contributed by atoms with Crippen molar-refractivity contribution in [1.82, 2.24) is 10.1 Å². The summed E-state index contributed by atoms with van der Waals surface area (Å²) in [5, 5.41) is 7.20. The summed E-state index contributed by atoms with van der Waals surface area (Å²) >= 11 is 1.31. The van der Waals surface area contributed by atoms with E-state index in [4.69, 9.17) is 9.26 Å². The monoisotopic (exact) mass is 492 g/mol. The second-order valence-electron chi connectivity index (χ2n) is 7.31. The van der Waals surface area contributed by atoms with Crippen molar-refractivity contribution in [3.8, 4) is 39.7 Å². The zero-order chi connectivity index (χ0) is 24.5. The van der Waals surface area contributed by atoms with Crippen molar-refractivity contribution >= 4 is 11.3 Å². The first kappa shape index (κ1) is 23.6. The number of thiophene rings is 1. The van der Waals surface area contributed by atoms with E-state index in [1.54, 1.807) is 23.8 Å². The molecule has 0 spiro atoms. The standard InChI is InChI=1S/C24H17F5N2O2S/c1-3-10-23(25,26)32-20-7-5-4-6-17(20)21-30-22(33-31-21)15-8-9-16(18-13-34-12-14(18)2)19(11-15)24(27,28)29/h3-13H,1-2H3/b10-3+. The van der Waals surface area contributed by atoms with Crippen molar-refractivity contribution in [1.29, 1.82) is 0 Å².